The first-order valence-corrected chi connectivity index (χ1v) is 5.64. The quantitative estimate of drug-likeness (QED) is 0.660. The molecule has 2 nitrogen and oxygen atoms in total. The summed E-state index contributed by atoms with van der Waals surface area (Å²) in [6.07, 6.45) is 7.61. The molecule has 0 aliphatic heterocycles. The van der Waals surface area contributed by atoms with Crippen molar-refractivity contribution in [3.63, 3.8) is 0 Å². The van der Waals surface area contributed by atoms with Gasteiger partial charge in [0.25, 0.3) is 0 Å². The normalized spacial score (nSPS) is 10.6. The third kappa shape index (κ3) is 2.16. The molecule has 0 saturated heterocycles. The summed E-state index contributed by atoms with van der Waals surface area (Å²) in [5.74, 6) is 0. The zero-order valence-corrected chi connectivity index (χ0v) is 9.41. The van der Waals surface area contributed by atoms with Gasteiger partial charge in [0, 0.05) is 24.5 Å². The first-order valence-electron chi connectivity index (χ1n) is 5.64. The molecule has 0 fully saturated rings. The Bertz CT molecular complexity index is 562. The summed E-state index contributed by atoms with van der Waals surface area (Å²) in [5, 5.41) is 0. The van der Waals surface area contributed by atoms with Crippen LogP contribution in [0.1, 0.15) is 5.56 Å². The van der Waals surface area contributed by atoms with E-state index in [2.05, 4.69) is 41.2 Å². The molecule has 2 heterocycles. The molecule has 2 aromatic heterocycles. The molecule has 0 N–H and O–H groups in total. The summed E-state index contributed by atoms with van der Waals surface area (Å²) in [5.41, 5.74) is 3.61. The molecular weight excluding hydrogens is 210 g/mol. The number of nitrogens with zero attached hydrogens (tertiary/aromatic N) is 1. The molecule has 0 aliphatic carbocycles. The van der Waals surface area contributed by atoms with Gasteiger partial charge in [-0.25, -0.2) is 0 Å². The number of furan rings is 1. The maximum atomic E-state index is 5.08. The Morgan fingerprint density at radius 2 is 1.65 bits per heavy atom. The second-order valence-electron chi connectivity index (χ2n) is 4.06. The van der Waals surface area contributed by atoms with E-state index >= 15 is 0 Å². The van der Waals surface area contributed by atoms with E-state index in [1.165, 1.54) is 11.1 Å². The second-order valence-corrected chi connectivity index (χ2v) is 4.06. The minimum Gasteiger partial charge on any atom is -0.472 e. The van der Waals surface area contributed by atoms with Gasteiger partial charge in [0.1, 0.15) is 0 Å². The van der Waals surface area contributed by atoms with Gasteiger partial charge in [-0.05, 0) is 29.3 Å². The van der Waals surface area contributed by atoms with E-state index in [0.29, 0.717) is 0 Å². The Hall–Kier alpha value is -2.22. The topological polar surface area (TPSA) is 18.1 Å². The van der Waals surface area contributed by atoms with Gasteiger partial charge in [0.2, 0.25) is 0 Å². The minimum atomic E-state index is 0.915. The lowest BCUT2D eigenvalue weighted by atomic mass is 10.1. The number of aromatic nitrogens is 1. The van der Waals surface area contributed by atoms with Gasteiger partial charge in [-0.3, -0.25) is 0 Å². The maximum Gasteiger partial charge on any atom is 0.0980 e. The van der Waals surface area contributed by atoms with Crippen molar-refractivity contribution in [3.05, 3.63) is 72.9 Å². The van der Waals surface area contributed by atoms with Crippen molar-refractivity contribution in [1.82, 2.24) is 4.57 Å². The highest BCUT2D eigenvalue weighted by atomic mass is 16.3. The van der Waals surface area contributed by atoms with Gasteiger partial charge in [-0.2, -0.15) is 0 Å². The molecule has 0 amide bonds. The highest BCUT2D eigenvalue weighted by molar-refractivity contribution is 5.62. The SMILES string of the molecule is c1ccn(Cc2ccc(-c3ccoc3)cc2)c1. The van der Waals surface area contributed by atoms with Gasteiger partial charge < -0.3 is 8.98 Å². The summed E-state index contributed by atoms with van der Waals surface area (Å²) < 4.78 is 7.24. The summed E-state index contributed by atoms with van der Waals surface area (Å²) in [7, 11) is 0. The minimum absolute atomic E-state index is 0.915. The van der Waals surface area contributed by atoms with Crippen LogP contribution in [-0.2, 0) is 6.54 Å². The second kappa shape index (κ2) is 4.34. The summed E-state index contributed by atoms with van der Waals surface area (Å²) in [4.78, 5) is 0. The summed E-state index contributed by atoms with van der Waals surface area (Å²) in [6.45, 7) is 0.915. The molecule has 0 atom stereocenters. The zero-order valence-electron chi connectivity index (χ0n) is 9.41. The molecular formula is C15H13NO. The van der Waals surface area contributed by atoms with E-state index in [1.54, 1.807) is 12.5 Å². The monoisotopic (exact) mass is 223 g/mol. The predicted molar refractivity (Wildman–Crippen MR) is 67.7 cm³/mol. The Morgan fingerprint density at radius 3 is 2.29 bits per heavy atom. The van der Waals surface area contributed by atoms with Crippen LogP contribution in [0.3, 0.4) is 0 Å². The summed E-state index contributed by atoms with van der Waals surface area (Å²) in [6, 6.07) is 14.6. The molecule has 1 aromatic carbocycles. The van der Waals surface area contributed by atoms with E-state index in [9.17, 15) is 0 Å². The lowest BCUT2D eigenvalue weighted by Crippen LogP contribution is -1.95. The van der Waals surface area contributed by atoms with Gasteiger partial charge >= 0.3 is 0 Å². The number of rotatable bonds is 3. The predicted octanol–water partition coefficient (Wildman–Crippen LogP) is 3.80. The first-order chi connectivity index (χ1) is 8.42. The smallest absolute Gasteiger partial charge is 0.0980 e. The van der Waals surface area contributed by atoms with Crippen LogP contribution >= 0.6 is 0 Å². The van der Waals surface area contributed by atoms with Crippen molar-refractivity contribution in [2.45, 2.75) is 6.54 Å². The highest BCUT2D eigenvalue weighted by Crippen LogP contribution is 2.20. The van der Waals surface area contributed by atoms with E-state index in [-0.39, 0.29) is 0 Å². The van der Waals surface area contributed by atoms with Crippen molar-refractivity contribution < 1.29 is 4.42 Å². The fourth-order valence-corrected chi connectivity index (χ4v) is 1.92. The van der Waals surface area contributed by atoms with Crippen LogP contribution in [-0.4, -0.2) is 4.57 Å². The van der Waals surface area contributed by atoms with Gasteiger partial charge in [-0.15, -0.1) is 0 Å². The highest BCUT2D eigenvalue weighted by Gasteiger charge is 1.99. The van der Waals surface area contributed by atoms with Crippen molar-refractivity contribution in [3.8, 4) is 11.1 Å². The van der Waals surface area contributed by atoms with Crippen molar-refractivity contribution >= 4 is 0 Å². The lowest BCUT2D eigenvalue weighted by molar-refractivity contribution is 0.568. The molecule has 84 valence electrons. The van der Waals surface area contributed by atoms with Crippen molar-refractivity contribution in [1.29, 1.82) is 0 Å². The number of hydrogen-bond donors (Lipinski definition) is 0. The Morgan fingerprint density at radius 1 is 0.882 bits per heavy atom. The van der Waals surface area contributed by atoms with E-state index in [1.807, 2.05) is 18.2 Å². The molecule has 0 aliphatic rings. The standard InChI is InChI=1S/C15H13NO/c1-2-9-16(8-1)11-13-3-5-14(6-4-13)15-7-10-17-12-15/h1-10,12H,11H2. The van der Waals surface area contributed by atoms with Gasteiger partial charge in [-0.1, -0.05) is 24.3 Å². The molecule has 2 heteroatoms. The van der Waals surface area contributed by atoms with Crippen molar-refractivity contribution in [2.24, 2.45) is 0 Å². The zero-order chi connectivity index (χ0) is 11.5. The molecule has 3 rings (SSSR count). The molecule has 0 radical (unpaired) electrons. The van der Waals surface area contributed by atoms with Crippen molar-refractivity contribution in [2.75, 3.05) is 0 Å². The van der Waals surface area contributed by atoms with Crippen LogP contribution < -0.4 is 0 Å². The van der Waals surface area contributed by atoms with Crippen LogP contribution in [0.25, 0.3) is 11.1 Å². The largest absolute Gasteiger partial charge is 0.472 e. The Kier molecular flexibility index (Phi) is 2.54. The van der Waals surface area contributed by atoms with E-state index < -0.39 is 0 Å². The molecule has 0 saturated carbocycles. The molecule has 0 spiro atoms. The fourth-order valence-electron chi connectivity index (χ4n) is 1.92. The van der Waals surface area contributed by atoms with Crippen LogP contribution in [0.15, 0.2) is 71.8 Å². The van der Waals surface area contributed by atoms with Gasteiger partial charge in [0.05, 0.1) is 12.5 Å². The van der Waals surface area contributed by atoms with E-state index in [0.717, 1.165) is 12.1 Å². The molecule has 17 heavy (non-hydrogen) atoms. The summed E-state index contributed by atoms with van der Waals surface area (Å²) >= 11 is 0. The third-order valence-electron chi connectivity index (χ3n) is 2.84. The Labute approximate surface area is 100 Å². The van der Waals surface area contributed by atoms with Crippen LogP contribution in [0, 0.1) is 0 Å². The number of hydrogen-bond acceptors (Lipinski definition) is 1. The average Bonchev–Trinajstić information content (AvgIpc) is 3.01. The van der Waals surface area contributed by atoms with Gasteiger partial charge in [0.15, 0.2) is 0 Å². The maximum absolute atomic E-state index is 5.08. The average molecular weight is 223 g/mol. The fraction of sp³-hybridized carbons (Fsp3) is 0.0667. The van der Waals surface area contributed by atoms with Crippen LogP contribution in [0.2, 0.25) is 0 Å². The lowest BCUT2D eigenvalue weighted by Gasteiger charge is -2.04. The molecule has 3 aromatic rings. The Balaban J connectivity index is 1.81. The number of benzene rings is 1. The van der Waals surface area contributed by atoms with E-state index in [4.69, 9.17) is 4.42 Å². The van der Waals surface area contributed by atoms with Crippen LogP contribution in [0.4, 0.5) is 0 Å². The third-order valence-corrected chi connectivity index (χ3v) is 2.84. The first kappa shape index (κ1) is 9.97. The van der Waals surface area contributed by atoms with Crippen LogP contribution in [0.5, 0.6) is 0 Å². The molecule has 0 unspecified atom stereocenters. The molecule has 0 bridgehead atoms.